The summed E-state index contributed by atoms with van der Waals surface area (Å²) in [6, 6.07) is 9.55. The smallest absolute Gasteiger partial charge is 0.409 e. The van der Waals surface area contributed by atoms with Crippen LogP contribution in [0, 0.1) is 0 Å². The fourth-order valence-corrected chi connectivity index (χ4v) is 2.50. The van der Waals surface area contributed by atoms with Crippen LogP contribution in [0.1, 0.15) is 26.2 Å². The second-order valence-electron chi connectivity index (χ2n) is 5.44. The van der Waals surface area contributed by atoms with Crippen LogP contribution in [0.25, 0.3) is 0 Å². The molecule has 0 atom stereocenters. The summed E-state index contributed by atoms with van der Waals surface area (Å²) in [6.45, 7) is 3.77. The molecule has 0 radical (unpaired) electrons. The SMILES string of the molecule is CCOC(=O)N1CCC(NC(=O)CCOc2ccccc2)CC1. The first-order chi connectivity index (χ1) is 11.2. The second kappa shape index (κ2) is 9.02. The lowest BCUT2D eigenvalue weighted by atomic mass is 10.1. The molecule has 1 aliphatic heterocycles. The normalized spacial score (nSPS) is 15.1. The molecule has 0 saturated carbocycles. The summed E-state index contributed by atoms with van der Waals surface area (Å²) in [5.74, 6) is 0.749. The van der Waals surface area contributed by atoms with E-state index in [0.717, 1.165) is 18.6 Å². The zero-order valence-electron chi connectivity index (χ0n) is 13.5. The maximum absolute atomic E-state index is 11.9. The summed E-state index contributed by atoms with van der Waals surface area (Å²) in [4.78, 5) is 25.2. The van der Waals surface area contributed by atoms with Crippen molar-refractivity contribution in [1.82, 2.24) is 10.2 Å². The van der Waals surface area contributed by atoms with Gasteiger partial charge in [0, 0.05) is 19.1 Å². The number of rotatable bonds is 6. The predicted octanol–water partition coefficient (Wildman–Crippen LogP) is 2.19. The van der Waals surface area contributed by atoms with Crippen molar-refractivity contribution >= 4 is 12.0 Å². The zero-order valence-corrected chi connectivity index (χ0v) is 13.5. The van der Waals surface area contributed by atoms with Gasteiger partial charge in [-0.15, -0.1) is 0 Å². The summed E-state index contributed by atoms with van der Waals surface area (Å²) in [5.41, 5.74) is 0. The minimum Gasteiger partial charge on any atom is -0.493 e. The first kappa shape index (κ1) is 17.1. The van der Waals surface area contributed by atoms with E-state index in [4.69, 9.17) is 9.47 Å². The Kier molecular flexibility index (Phi) is 6.72. The number of benzene rings is 1. The Morgan fingerprint density at radius 3 is 2.57 bits per heavy atom. The number of piperidine rings is 1. The second-order valence-corrected chi connectivity index (χ2v) is 5.44. The molecule has 126 valence electrons. The number of ether oxygens (including phenoxy) is 2. The van der Waals surface area contributed by atoms with Crippen LogP contribution < -0.4 is 10.1 Å². The lowest BCUT2D eigenvalue weighted by Gasteiger charge is -2.31. The van der Waals surface area contributed by atoms with Gasteiger partial charge >= 0.3 is 6.09 Å². The summed E-state index contributed by atoms with van der Waals surface area (Å²) >= 11 is 0. The van der Waals surface area contributed by atoms with Crippen molar-refractivity contribution in [1.29, 1.82) is 0 Å². The Bertz CT molecular complexity index is 499. The lowest BCUT2D eigenvalue weighted by molar-refractivity contribution is -0.122. The van der Waals surface area contributed by atoms with Crippen LogP contribution in [0.5, 0.6) is 5.75 Å². The van der Waals surface area contributed by atoms with Crippen molar-refractivity contribution < 1.29 is 19.1 Å². The third kappa shape index (κ3) is 5.81. The van der Waals surface area contributed by atoms with E-state index in [-0.39, 0.29) is 18.0 Å². The third-order valence-corrected chi connectivity index (χ3v) is 3.73. The van der Waals surface area contributed by atoms with E-state index in [1.807, 2.05) is 30.3 Å². The van der Waals surface area contributed by atoms with Crippen LogP contribution in [0.15, 0.2) is 30.3 Å². The minimum absolute atomic E-state index is 0.0180. The van der Waals surface area contributed by atoms with Gasteiger partial charge in [-0.1, -0.05) is 18.2 Å². The number of carbonyl (C=O) groups is 2. The predicted molar refractivity (Wildman–Crippen MR) is 86.3 cm³/mol. The van der Waals surface area contributed by atoms with Gasteiger partial charge in [0.1, 0.15) is 5.75 Å². The average Bonchev–Trinajstić information content (AvgIpc) is 2.57. The fraction of sp³-hybridized carbons (Fsp3) is 0.529. The molecule has 0 aliphatic carbocycles. The summed E-state index contributed by atoms with van der Waals surface area (Å²) in [6.07, 6.45) is 1.56. The van der Waals surface area contributed by atoms with Crippen LogP contribution in [0.3, 0.4) is 0 Å². The molecular formula is C17H24N2O4. The number of likely N-dealkylation sites (tertiary alicyclic amines) is 1. The van der Waals surface area contributed by atoms with E-state index in [0.29, 0.717) is 32.7 Å². The highest BCUT2D eigenvalue weighted by Gasteiger charge is 2.24. The highest BCUT2D eigenvalue weighted by molar-refractivity contribution is 5.76. The largest absolute Gasteiger partial charge is 0.493 e. The molecule has 23 heavy (non-hydrogen) atoms. The molecule has 0 bridgehead atoms. The molecule has 0 spiro atoms. The van der Waals surface area contributed by atoms with Crippen LogP contribution in [-0.2, 0) is 9.53 Å². The zero-order chi connectivity index (χ0) is 16.5. The molecule has 0 aromatic heterocycles. The van der Waals surface area contributed by atoms with Crippen LogP contribution in [0.4, 0.5) is 4.79 Å². The van der Waals surface area contributed by atoms with Gasteiger partial charge < -0.3 is 19.7 Å². The van der Waals surface area contributed by atoms with Crippen LogP contribution in [0.2, 0.25) is 0 Å². The molecule has 1 N–H and O–H groups in total. The molecule has 2 rings (SSSR count). The molecular weight excluding hydrogens is 296 g/mol. The van der Waals surface area contributed by atoms with Gasteiger partial charge in [-0.05, 0) is 31.9 Å². The van der Waals surface area contributed by atoms with Crippen molar-refractivity contribution in [2.24, 2.45) is 0 Å². The molecule has 6 nitrogen and oxygen atoms in total. The van der Waals surface area contributed by atoms with Crippen molar-refractivity contribution in [2.45, 2.75) is 32.2 Å². The number of nitrogens with zero attached hydrogens (tertiary/aromatic N) is 1. The summed E-state index contributed by atoms with van der Waals surface area (Å²) in [7, 11) is 0. The van der Waals surface area contributed by atoms with E-state index in [2.05, 4.69) is 5.32 Å². The molecule has 1 fully saturated rings. The summed E-state index contributed by atoms with van der Waals surface area (Å²) < 4.78 is 10.5. The third-order valence-electron chi connectivity index (χ3n) is 3.73. The summed E-state index contributed by atoms with van der Waals surface area (Å²) in [5, 5.41) is 3.00. The quantitative estimate of drug-likeness (QED) is 0.872. The van der Waals surface area contributed by atoms with Crippen LogP contribution >= 0.6 is 0 Å². The Labute approximate surface area is 136 Å². The van der Waals surface area contributed by atoms with Crippen molar-refractivity contribution in [3.8, 4) is 5.75 Å². The van der Waals surface area contributed by atoms with Gasteiger partial charge in [0.25, 0.3) is 0 Å². The number of hydrogen-bond donors (Lipinski definition) is 1. The molecule has 1 heterocycles. The van der Waals surface area contributed by atoms with Gasteiger partial charge in [-0.25, -0.2) is 4.79 Å². The number of amides is 2. The van der Waals surface area contributed by atoms with Gasteiger partial charge in [0.15, 0.2) is 0 Å². The standard InChI is InChI=1S/C17H24N2O4/c1-2-22-17(21)19-11-8-14(9-12-19)18-16(20)10-13-23-15-6-4-3-5-7-15/h3-7,14H,2,8-13H2,1H3,(H,18,20). The van der Waals surface area contributed by atoms with E-state index < -0.39 is 0 Å². The first-order valence-electron chi connectivity index (χ1n) is 8.08. The molecule has 1 aromatic carbocycles. The van der Waals surface area contributed by atoms with E-state index in [9.17, 15) is 9.59 Å². The maximum Gasteiger partial charge on any atom is 0.409 e. The van der Waals surface area contributed by atoms with Crippen LogP contribution in [-0.4, -0.2) is 49.2 Å². The maximum atomic E-state index is 11.9. The lowest BCUT2D eigenvalue weighted by Crippen LogP contribution is -2.46. The van der Waals surface area contributed by atoms with Gasteiger partial charge in [-0.3, -0.25) is 4.79 Å². The minimum atomic E-state index is -0.270. The van der Waals surface area contributed by atoms with Gasteiger partial charge in [0.2, 0.25) is 5.91 Å². The highest BCUT2D eigenvalue weighted by Crippen LogP contribution is 2.12. The number of hydrogen-bond acceptors (Lipinski definition) is 4. The monoisotopic (exact) mass is 320 g/mol. The fourth-order valence-electron chi connectivity index (χ4n) is 2.50. The average molecular weight is 320 g/mol. The van der Waals surface area contributed by atoms with Gasteiger partial charge in [-0.2, -0.15) is 0 Å². The molecule has 0 unspecified atom stereocenters. The Morgan fingerprint density at radius 1 is 1.22 bits per heavy atom. The van der Waals surface area contributed by atoms with Crippen molar-refractivity contribution in [2.75, 3.05) is 26.3 Å². The van der Waals surface area contributed by atoms with E-state index >= 15 is 0 Å². The van der Waals surface area contributed by atoms with Gasteiger partial charge in [0.05, 0.1) is 19.6 Å². The van der Waals surface area contributed by atoms with Crippen molar-refractivity contribution in [3.63, 3.8) is 0 Å². The topological polar surface area (TPSA) is 67.9 Å². The molecule has 1 aromatic rings. The number of para-hydroxylation sites is 1. The number of carbonyl (C=O) groups excluding carboxylic acids is 2. The molecule has 2 amide bonds. The molecule has 1 saturated heterocycles. The van der Waals surface area contributed by atoms with E-state index in [1.165, 1.54) is 0 Å². The van der Waals surface area contributed by atoms with Crippen molar-refractivity contribution in [3.05, 3.63) is 30.3 Å². The van der Waals surface area contributed by atoms with E-state index in [1.54, 1.807) is 11.8 Å². The first-order valence-corrected chi connectivity index (χ1v) is 8.08. The Morgan fingerprint density at radius 2 is 1.91 bits per heavy atom. The molecule has 1 aliphatic rings. The molecule has 6 heteroatoms. The Hall–Kier alpha value is -2.24. The number of nitrogens with one attached hydrogen (secondary N) is 1. The Balaban J connectivity index is 1.62. The highest BCUT2D eigenvalue weighted by atomic mass is 16.6.